The highest BCUT2D eigenvalue weighted by atomic mass is 16.6. The van der Waals surface area contributed by atoms with Crippen LogP contribution in [0.25, 0.3) is 21.7 Å². The molecule has 1 fully saturated rings. The fourth-order valence-electron chi connectivity index (χ4n) is 6.72. The number of piperidine rings is 1. The van der Waals surface area contributed by atoms with Gasteiger partial charge in [0.2, 0.25) is 11.8 Å². The SMILES string of the molecule is C[C@@H](c1c[nH]c2ccccc12)C(NC(=O)C1CCCN(Cc2ccc3ccccc3c2)C1)C(=O)N[C@@H](CCCCN)C(=O)OC(C)(C)C. The van der Waals surface area contributed by atoms with Gasteiger partial charge in [-0.15, -0.1) is 0 Å². The van der Waals surface area contributed by atoms with E-state index in [4.69, 9.17) is 10.5 Å². The minimum Gasteiger partial charge on any atom is -0.458 e. The van der Waals surface area contributed by atoms with E-state index in [0.717, 1.165) is 48.8 Å². The number of nitrogens with zero attached hydrogens (tertiary/aromatic N) is 1. The third-order valence-electron chi connectivity index (χ3n) is 9.24. The normalized spacial score (nSPS) is 17.5. The van der Waals surface area contributed by atoms with Crippen molar-refractivity contribution in [2.75, 3.05) is 19.6 Å². The van der Waals surface area contributed by atoms with Gasteiger partial charge in [0.05, 0.1) is 5.92 Å². The number of amides is 2. The number of nitrogens with one attached hydrogen (secondary N) is 3. The summed E-state index contributed by atoms with van der Waals surface area (Å²) in [4.78, 5) is 47.1. The smallest absolute Gasteiger partial charge is 0.329 e. The van der Waals surface area contributed by atoms with E-state index in [-0.39, 0.29) is 17.7 Å². The van der Waals surface area contributed by atoms with Crippen molar-refractivity contribution in [1.29, 1.82) is 0 Å². The summed E-state index contributed by atoms with van der Waals surface area (Å²) < 4.78 is 5.68. The molecule has 1 aromatic heterocycles. The summed E-state index contributed by atoms with van der Waals surface area (Å²) >= 11 is 0. The molecule has 2 amide bonds. The second kappa shape index (κ2) is 15.8. The van der Waals surface area contributed by atoms with Crippen LogP contribution < -0.4 is 16.4 Å². The number of nitrogens with two attached hydrogens (primary N) is 1. The molecule has 1 aliphatic rings. The van der Waals surface area contributed by atoms with Gasteiger partial charge in [-0.05, 0) is 100.0 Å². The molecule has 4 atom stereocenters. The lowest BCUT2D eigenvalue weighted by atomic mass is 9.90. The topological polar surface area (TPSA) is 130 Å². The van der Waals surface area contributed by atoms with Crippen LogP contribution in [0.5, 0.6) is 0 Å². The maximum Gasteiger partial charge on any atom is 0.329 e. The number of H-pyrrole nitrogens is 1. The summed E-state index contributed by atoms with van der Waals surface area (Å²) in [7, 11) is 0. The van der Waals surface area contributed by atoms with E-state index in [9.17, 15) is 14.4 Å². The Kier molecular flexibility index (Phi) is 11.5. The van der Waals surface area contributed by atoms with Crippen molar-refractivity contribution in [2.45, 2.75) is 89.9 Å². The molecule has 5 N–H and O–H groups in total. The van der Waals surface area contributed by atoms with E-state index < -0.39 is 29.6 Å². The number of likely N-dealkylation sites (tertiary alicyclic amines) is 1. The van der Waals surface area contributed by atoms with Crippen LogP contribution in [0, 0.1) is 5.92 Å². The van der Waals surface area contributed by atoms with E-state index in [1.165, 1.54) is 16.3 Å². The van der Waals surface area contributed by atoms with Gasteiger partial charge in [-0.25, -0.2) is 4.79 Å². The van der Waals surface area contributed by atoms with E-state index >= 15 is 0 Å². The van der Waals surface area contributed by atoms with E-state index in [0.29, 0.717) is 25.9 Å². The quantitative estimate of drug-likeness (QED) is 0.107. The molecule has 256 valence electrons. The largest absolute Gasteiger partial charge is 0.458 e. The lowest BCUT2D eigenvalue weighted by molar-refractivity contribution is -0.159. The van der Waals surface area contributed by atoms with Gasteiger partial charge in [-0.3, -0.25) is 14.5 Å². The van der Waals surface area contributed by atoms with Crippen molar-refractivity contribution in [3.63, 3.8) is 0 Å². The van der Waals surface area contributed by atoms with Crippen molar-refractivity contribution in [1.82, 2.24) is 20.5 Å². The molecule has 0 spiro atoms. The number of ether oxygens (including phenoxy) is 1. The average Bonchev–Trinajstić information content (AvgIpc) is 3.50. The van der Waals surface area contributed by atoms with Crippen LogP contribution in [0.2, 0.25) is 0 Å². The monoisotopic (exact) mass is 653 g/mol. The molecular weight excluding hydrogens is 602 g/mol. The average molecular weight is 654 g/mol. The number of carbonyl (C=O) groups is 3. The summed E-state index contributed by atoms with van der Waals surface area (Å²) in [6, 6.07) is 21.0. The summed E-state index contributed by atoms with van der Waals surface area (Å²) in [5.74, 6) is -1.70. The number of fused-ring (bicyclic) bond motifs is 2. The molecule has 1 saturated heterocycles. The molecule has 0 radical (unpaired) electrons. The molecule has 0 saturated carbocycles. The van der Waals surface area contributed by atoms with E-state index in [2.05, 4.69) is 50.8 Å². The molecule has 9 heteroatoms. The molecule has 0 aliphatic carbocycles. The number of carbonyl (C=O) groups excluding carboxylic acids is 3. The number of benzene rings is 3. The first-order valence-corrected chi connectivity index (χ1v) is 17.3. The van der Waals surface area contributed by atoms with Gasteiger partial charge in [0.15, 0.2) is 0 Å². The van der Waals surface area contributed by atoms with E-state index in [1.807, 2.05) is 49.5 Å². The first-order valence-electron chi connectivity index (χ1n) is 17.3. The Bertz CT molecular complexity index is 1710. The zero-order chi connectivity index (χ0) is 34.3. The molecule has 2 heterocycles. The van der Waals surface area contributed by atoms with Crippen LogP contribution in [0.3, 0.4) is 0 Å². The van der Waals surface area contributed by atoms with Crippen LogP contribution in [0.15, 0.2) is 72.9 Å². The van der Waals surface area contributed by atoms with E-state index in [1.54, 1.807) is 20.8 Å². The predicted octanol–water partition coefficient (Wildman–Crippen LogP) is 5.78. The Morgan fingerprint density at radius 1 is 1.00 bits per heavy atom. The summed E-state index contributed by atoms with van der Waals surface area (Å²) in [6.07, 6.45) is 5.31. The maximum absolute atomic E-state index is 14.2. The fraction of sp³-hybridized carbons (Fsp3) is 0.462. The Morgan fingerprint density at radius 3 is 2.52 bits per heavy atom. The van der Waals surface area contributed by atoms with Crippen molar-refractivity contribution < 1.29 is 19.1 Å². The predicted molar refractivity (Wildman–Crippen MR) is 191 cm³/mol. The van der Waals surface area contributed by atoms with Crippen molar-refractivity contribution >= 4 is 39.5 Å². The molecule has 4 aromatic rings. The number of aromatic nitrogens is 1. The Balaban J connectivity index is 1.34. The van der Waals surface area contributed by atoms with Gasteiger partial charge in [0, 0.05) is 36.1 Å². The number of esters is 1. The van der Waals surface area contributed by atoms with Crippen LogP contribution in [-0.4, -0.2) is 65.0 Å². The zero-order valence-corrected chi connectivity index (χ0v) is 28.8. The van der Waals surface area contributed by atoms with Crippen LogP contribution in [0.1, 0.15) is 76.8 Å². The minimum absolute atomic E-state index is 0.151. The van der Waals surface area contributed by atoms with Crippen molar-refractivity contribution in [3.05, 3.63) is 84.1 Å². The first-order chi connectivity index (χ1) is 23.0. The zero-order valence-electron chi connectivity index (χ0n) is 28.8. The van der Waals surface area contributed by atoms with Crippen LogP contribution >= 0.6 is 0 Å². The third kappa shape index (κ3) is 9.02. The van der Waals surface area contributed by atoms with Crippen molar-refractivity contribution in [2.24, 2.45) is 11.7 Å². The Morgan fingerprint density at radius 2 is 1.75 bits per heavy atom. The Hall–Kier alpha value is -4.21. The molecule has 2 unspecified atom stereocenters. The number of rotatable bonds is 13. The minimum atomic E-state index is -0.910. The summed E-state index contributed by atoms with van der Waals surface area (Å²) in [5, 5.41) is 9.51. The summed E-state index contributed by atoms with van der Waals surface area (Å²) in [5.41, 5.74) is 8.10. The van der Waals surface area contributed by atoms with Gasteiger partial charge >= 0.3 is 5.97 Å². The highest BCUT2D eigenvalue weighted by Crippen LogP contribution is 2.29. The molecule has 9 nitrogen and oxygen atoms in total. The standard InChI is InChI=1S/C39H51N5O4/c1-26(32-23-41-33-16-8-7-15-31(32)33)35(37(46)42-34(17-9-10-20-40)38(47)48-39(2,3)4)43-36(45)30-14-11-21-44(25-30)24-27-18-19-28-12-5-6-13-29(28)22-27/h5-8,12-13,15-16,18-19,22-23,26,30,34-35,41H,9-11,14,17,20-21,24-25,40H2,1-4H3,(H,42,46)(H,43,45)/t26-,30?,34-,35?/m0/s1. The number of unbranched alkanes of at least 4 members (excludes halogenated alkanes) is 1. The highest BCUT2D eigenvalue weighted by Gasteiger charge is 2.36. The fourth-order valence-corrected chi connectivity index (χ4v) is 6.72. The van der Waals surface area contributed by atoms with Gasteiger partial charge < -0.3 is 26.1 Å². The second-order valence-electron chi connectivity index (χ2n) is 14.2. The molecule has 48 heavy (non-hydrogen) atoms. The number of para-hydroxylation sites is 1. The van der Waals surface area contributed by atoms with Crippen LogP contribution in [0.4, 0.5) is 0 Å². The lowest BCUT2D eigenvalue weighted by Crippen LogP contribution is -2.56. The molecular formula is C39H51N5O4. The lowest BCUT2D eigenvalue weighted by Gasteiger charge is -2.34. The molecule has 1 aliphatic heterocycles. The van der Waals surface area contributed by atoms with Gasteiger partial charge in [-0.1, -0.05) is 61.5 Å². The number of aromatic amines is 1. The van der Waals surface area contributed by atoms with Gasteiger partial charge in [0.25, 0.3) is 0 Å². The summed E-state index contributed by atoms with van der Waals surface area (Å²) in [6.45, 7) is 10.1. The number of hydrogen-bond acceptors (Lipinski definition) is 6. The molecule has 0 bridgehead atoms. The third-order valence-corrected chi connectivity index (χ3v) is 9.24. The van der Waals surface area contributed by atoms with Crippen molar-refractivity contribution in [3.8, 4) is 0 Å². The first kappa shape index (κ1) is 35.1. The highest BCUT2D eigenvalue weighted by molar-refractivity contribution is 5.93. The molecule has 3 aromatic carbocycles. The number of hydrogen-bond donors (Lipinski definition) is 4. The van der Waals surface area contributed by atoms with Crippen LogP contribution in [-0.2, 0) is 25.7 Å². The van der Waals surface area contributed by atoms with Gasteiger partial charge in [0.1, 0.15) is 17.7 Å². The maximum atomic E-state index is 14.2. The Labute approximate surface area is 284 Å². The van der Waals surface area contributed by atoms with Gasteiger partial charge in [-0.2, -0.15) is 0 Å². The molecule has 5 rings (SSSR count). The second-order valence-corrected chi connectivity index (χ2v) is 14.2.